The summed E-state index contributed by atoms with van der Waals surface area (Å²) in [5.74, 6) is 1.84. The van der Waals surface area contributed by atoms with Gasteiger partial charge in [-0.2, -0.15) is 4.98 Å². The van der Waals surface area contributed by atoms with Gasteiger partial charge in [-0.1, -0.05) is 17.6 Å². The van der Waals surface area contributed by atoms with E-state index in [0.29, 0.717) is 46.1 Å². The Bertz CT molecular complexity index is 1350. The number of hydrogen-bond donors (Lipinski definition) is 1. The van der Waals surface area contributed by atoms with Gasteiger partial charge >= 0.3 is 0 Å². The summed E-state index contributed by atoms with van der Waals surface area (Å²) in [6.07, 6.45) is 3.21. The monoisotopic (exact) mass is 484 g/mol. The van der Waals surface area contributed by atoms with Gasteiger partial charge in [-0.05, 0) is 43.5 Å². The van der Waals surface area contributed by atoms with Crippen molar-refractivity contribution >= 4 is 27.3 Å². The first-order valence-corrected chi connectivity index (χ1v) is 12.4. The van der Waals surface area contributed by atoms with Crippen LogP contribution in [-0.4, -0.2) is 38.2 Å². The zero-order valence-electron chi connectivity index (χ0n) is 18.8. The molecule has 0 radical (unpaired) electrons. The van der Waals surface area contributed by atoms with Crippen molar-refractivity contribution < 1.29 is 27.2 Å². The highest BCUT2D eigenvalue weighted by molar-refractivity contribution is 7.92. The lowest BCUT2D eigenvalue weighted by Crippen LogP contribution is -2.38. The molecule has 1 aliphatic carbocycles. The van der Waals surface area contributed by atoms with Crippen LogP contribution in [0.5, 0.6) is 11.5 Å². The second-order valence-corrected chi connectivity index (χ2v) is 10.0. The average molecular weight is 485 g/mol. The third-order valence-corrected chi connectivity index (χ3v) is 7.57. The summed E-state index contributed by atoms with van der Waals surface area (Å²) >= 11 is 0. The molecule has 0 saturated heterocycles. The van der Waals surface area contributed by atoms with Gasteiger partial charge in [-0.3, -0.25) is 14.4 Å². The molecular weight excluding hydrogens is 460 g/mol. The maximum Gasteiger partial charge on any atom is 0.265 e. The molecule has 178 valence electrons. The molecule has 1 aromatic heterocycles. The van der Waals surface area contributed by atoms with Crippen LogP contribution in [0, 0.1) is 6.92 Å². The van der Waals surface area contributed by atoms with Gasteiger partial charge in [0.05, 0.1) is 29.9 Å². The van der Waals surface area contributed by atoms with Crippen LogP contribution < -0.4 is 19.1 Å². The first-order chi connectivity index (χ1) is 16.3. The normalized spacial score (nSPS) is 15.9. The van der Waals surface area contributed by atoms with E-state index in [1.54, 1.807) is 37.3 Å². The highest BCUT2D eigenvalue weighted by atomic mass is 32.2. The molecule has 1 N–H and O–H groups in total. The number of hydrogen-bond acceptors (Lipinski definition) is 8. The summed E-state index contributed by atoms with van der Waals surface area (Å²) < 4.78 is 44.9. The van der Waals surface area contributed by atoms with Crippen molar-refractivity contribution in [3.05, 3.63) is 53.7 Å². The number of nitrogens with zero attached hydrogens (tertiary/aromatic N) is 3. The number of nitrogens with one attached hydrogen (secondary N) is 1. The zero-order valence-corrected chi connectivity index (χ0v) is 19.6. The van der Waals surface area contributed by atoms with Crippen molar-refractivity contribution in [2.75, 3.05) is 23.3 Å². The molecule has 0 atom stereocenters. The smallest absolute Gasteiger partial charge is 0.265 e. The summed E-state index contributed by atoms with van der Waals surface area (Å²) in [6.45, 7) is 1.56. The number of sulfonamides is 1. The number of amides is 1. The van der Waals surface area contributed by atoms with E-state index in [2.05, 4.69) is 14.9 Å². The quantitative estimate of drug-likeness (QED) is 0.541. The van der Waals surface area contributed by atoms with Gasteiger partial charge in [-0.25, -0.2) is 8.42 Å². The van der Waals surface area contributed by atoms with Crippen LogP contribution in [0.4, 0.5) is 11.4 Å². The van der Waals surface area contributed by atoms with E-state index in [4.69, 9.17) is 14.0 Å². The first-order valence-electron chi connectivity index (χ1n) is 10.9. The number of fused-ring (bicyclic) bond motifs is 1. The van der Waals surface area contributed by atoms with Gasteiger partial charge in [0.2, 0.25) is 5.89 Å². The van der Waals surface area contributed by atoms with Crippen molar-refractivity contribution in [3.63, 3.8) is 0 Å². The summed E-state index contributed by atoms with van der Waals surface area (Å²) in [7, 11) is -2.42. The second kappa shape index (κ2) is 8.64. The first kappa shape index (κ1) is 22.2. The van der Waals surface area contributed by atoms with Gasteiger partial charge < -0.3 is 14.0 Å². The number of benzene rings is 2. The fourth-order valence-corrected chi connectivity index (χ4v) is 5.28. The van der Waals surface area contributed by atoms with Crippen LogP contribution >= 0.6 is 0 Å². The Labute approximate surface area is 196 Å². The van der Waals surface area contributed by atoms with E-state index in [-0.39, 0.29) is 24.0 Å². The SMILES string of the molecule is COc1cccc(NS(=O)(=O)c2cc3c(cc2C)N(Cc2noc(C4CCC4)n2)C(=O)CO3)c1. The van der Waals surface area contributed by atoms with Gasteiger partial charge in [-0.15, -0.1) is 0 Å². The van der Waals surface area contributed by atoms with Crippen LogP contribution in [0.25, 0.3) is 0 Å². The molecule has 2 heterocycles. The molecular formula is C23H24N4O6S. The van der Waals surface area contributed by atoms with Crippen molar-refractivity contribution in [2.24, 2.45) is 0 Å². The number of carbonyl (C=O) groups is 1. The van der Waals surface area contributed by atoms with Crippen LogP contribution in [0.15, 0.2) is 45.8 Å². The predicted molar refractivity (Wildman–Crippen MR) is 123 cm³/mol. The lowest BCUT2D eigenvalue weighted by molar-refractivity contribution is -0.121. The number of rotatable bonds is 7. The Kier molecular flexibility index (Phi) is 5.64. The number of aryl methyl sites for hydroxylation is 1. The Morgan fingerprint density at radius 1 is 1.24 bits per heavy atom. The summed E-state index contributed by atoms with van der Waals surface area (Å²) in [4.78, 5) is 18.6. The topological polar surface area (TPSA) is 124 Å². The fraction of sp³-hybridized carbons (Fsp3) is 0.348. The van der Waals surface area contributed by atoms with E-state index in [1.807, 2.05) is 0 Å². The van der Waals surface area contributed by atoms with Gasteiger partial charge in [0.1, 0.15) is 11.5 Å². The summed E-state index contributed by atoms with van der Waals surface area (Å²) in [6, 6.07) is 9.69. The number of ether oxygens (including phenoxy) is 2. The Morgan fingerprint density at radius 2 is 2.06 bits per heavy atom. The molecule has 0 bridgehead atoms. The van der Waals surface area contributed by atoms with E-state index >= 15 is 0 Å². The number of methoxy groups -OCH3 is 1. The fourth-order valence-electron chi connectivity index (χ4n) is 3.99. The van der Waals surface area contributed by atoms with E-state index in [0.717, 1.165) is 19.3 Å². The van der Waals surface area contributed by atoms with Gasteiger partial charge in [0.25, 0.3) is 15.9 Å². The Balaban J connectivity index is 1.42. The minimum Gasteiger partial charge on any atom is -0.497 e. The molecule has 34 heavy (non-hydrogen) atoms. The predicted octanol–water partition coefficient (Wildman–Crippen LogP) is 3.38. The van der Waals surface area contributed by atoms with Crippen molar-refractivity contribution in [3.8, 4) is 11.5 Å². The Hall–Kier alpha value is -3.60. The van der Waals surface area contributed by atoms with Crippen molar-refractivity contribution in [2.45, 2.75) is 43.5 Å². The minimum atomic E-state index is -3.92. The van der Waals surface area contributed by atoms with E-state index in [9.17, 15) is 13.2 Å². The maximum atomic E-state index is 13.1. The third-order valence-electron chi connectivity index (χ3n) is 6.05. The summed E-state index contributed by atoms with van der Waals surface area (Å²) in [5.41, 5.74) is 1.29. The lowest BCUT2D eigenvalue weighted by atomic mass is 9.85. The minimum absolute atomic E-state index is 0.0511. The number of carbonyl (C=O) groups excluding carboxylic acids is 1. The molecule has 1 amide bonds. The van der Waals surface area contributed by atoms with Crippen LogP contribution in [0.1, 0.15) is 42.5 Å². The Morgan fingerprint density at radius 3 is 2.79 bits per heavy atom. The second-order valence-electron chi connectivity index (χ2n) is 8.37. The third kappa shape index (κ3) is 4.18. The molecule has 1 saturated carbocycles. The number of anilines is 2. The molecule has 1 fully saturated rings. The van der Waals surface area contributed by atoms with Crippen LogP contribution in [-0.2, 0) is 21.4 Å². The highest BCUT2D eigenvalue weighted by Crippen LogP contribution is 2.38. The average Bonchev–Trinajstić information content (AvgIpc) is 3.22. The lowest BCUT2D eigenvalue weighted by Gasteiger charge is -2.29. The molecule has 3 aromatic rings. The molecule has 0 unspecified atom stereocenters. The van der Waals surface area contributed by atoms with Crippen LogP contribution in [0.2, 0.25) is 0 Å². The van der Waals surface area contributed by atoms with E-state index in [1.165, 1.54) is 18.1 Å². The molecule has 2 aromatic carbocycles. The molecule has 10 nitrogen and oxygen atoms in total. The molecule has 11 heteroatoms. The number of aromatic nitrogens is 2. The van der Waals surface area contributed by atoms with Crippen molar-refractivity contribution in [1.82, 2.24) is 10.1 Å². The summed E-state index contributed by atoms with van der Waals surface area (Å²) in [5, 5.41) is 4.02. The largest absolute Gasteiger partial charge is 0.497 e. The van der Waals surface area contributed by atoms with Gasteiger partial charge in [0, 0.05) is 18.1 Å². The van der Waals surface area contributed by atoms with Crippen LogP contribution in [0.3, 0.4) is 0 Å². The van der Waals surface area contributed by atoms with E-state index < -0.39 is 10.0 Å². The molecule has 5 rings (SSSR count). The molecule has 2 aliphatic rings. The maximum absolute atomic E-state index is 13.1. The van der Waals surface area contributed by atoms with Crippen molar-refractivity contribution in [1.29, 1.82) is 0 Å². The molecule has 1 aliphatic heterocycles. The highest BCUT2D eigenvalue weighted by Gasteiger charge is 2.31. The molecule has 0 spiro atoms. The van der Waals surface area contributed by atoms with Gasteiger partial charge in [0.15, 0.2) is 12.4 Å². The standard InChI is InChI=1S/C23H24N4O6S/c1-14-9-18-19(11-20(14)34(29,30)26-16-7-4-8-17(10-16)31-2)32-13-22(28)27(18)12-21-24-23(33-25-21)15-5-3-6-15/h4,7-11,15,26H,3,5-6,12-13H2,1-2H3. The zero-order chi connectivity index (χ0) is 23.9.